The Morgan fingerprint density at radius 1 is 1.04 bits per heavy atom. The minimum atomic E-state index is -0.177. The molecule has 2 unspecified atom stereocenters. The van der Waals surface area contributed by atoms with Crippen LogP contribution in [0.25, 0.3) is 5.57 Å². The van der Waals surface area contributed by atoms with Crippen molar-refractivity contribution in [2.24, 2.45) is 0 Å². The maximum absolute atomic E-state index is 12.7. The molecule has 0 amide bonds. The smallest absolute Gasteiger partial charge is 0.189 e. The highest BCUT2D eigenvalue weighted by Crippen LogP contribution is 2.61. The Balaban J connectivity index is 1.91. The van der Waals surface area contributed by atoms with Crippen LogP contribution >= 0.6 is 0 Å². The SMILES string of the molecule is CCOC1CC1(C1=C(C)C(=O)c2ccccc21)c1ccccc1. The van der Waals surface area contributed by atoms with Gasteiger partial charge in [-0.25, -0.2) is 0 Å². The van der Waals surface area contributed by atoms with E-state index >= 15 is 0 Å². The summed E-state index contributed by atoms with van der Waals surface area (Å²) in [5, 5.41) is 0. The van der Waals surface area contributed by atoms with Gasteiger partial charge in [0.05, 0.1) is 6.10 Å². The molecule has 4 rings (SSSR count). The van der Waals surface area contributed by atoms with E-state index in [4.69, 9.17) is 4.74 Å². The van der Waals surface area contributed by atoms with Gasteiger partial charge < -0.3 is 4.74 Å². The van der Waals surface area contributed by atoms with E-state index in [1.54, 1.807) is 0 Å². The summed E-state index contributed by atoms with van der Waals surface area (Å²) >= 11 is 0. The third-order valence-electron chi connectivity index (χ3n) is 5.16. The van der Waals surface area contributed by atoms with Crippen LogP contribution in [0.2, 0.25) is 0 Å². The van der Waals surface area contributed by atoms with Gasteiger partial charge in [0.25, 0.3) is 0 Å². The van der Waals surface area contributed by atoms with Crippen molar-refractivity contribution >= 4 is 11.4 Å². The Bertz CT molecular complexity index is 804. The average Bonchev–Trinajstić information content (AvgIpc) is 3.24. The van der Waals surface area contributed by atoms with E-state index in [0.29, 0.717) is 6.61 Å². The lowest BCUT2D eigenvalue weighted by molar-refractivity contribution is 0.103. The zero-order valence-corrected chi connectivity index (χ0v) is 13.5. The van der Waals surface area contributed by atoms with Crippen LogP contribution in [-0.2, 0) is 10.2 Å². The van der Waals surface area contributed by atoms with Crippen molar-refractivity contribution in [2.75, 3.05) is 6.61 Å². The average molecular weight is 304 g/mol. The summed E-state index contributed by atoms with van der Waals surface area (Å²) in [6.45, 7) is 4.69. The van der Waals surface area contributed by atoms with E-state index in [9.17, 15) is 4.79 Å². The number of Topliss-reactive ketones (excluding diaryl/α,β-unsaturated/α-hetero) is 1. The largest absolute Gasteiger partial charge is 0.377 e. The first-order valence-electron chi connectivity index (χ1n) is 8.22. The summed E-state index contributed by atoms with van der Waals surface area (Å²) in [7, 11) is 0. The Morgan fingerprint density at radius 2 is 1.70 bits per heavy atom. The highest BCUT2D eigenvalue weighted by Gasteiger charge is 2.61. The predicted octanol–water partition coefficient (Wildman–Crippen LogP) is 4.40. The van der Waals surface area contributed by atoms with Crippen LogP contribution in [-0.4, -0.2) is 18.5 Å². The molecular formula is C21H20O2. The molecule has 2 aliphatic rings. The second kappa shape index (κ2) is 5.17. The van der Waals surface area contributed by atoms with Gasteiger partial charge in [-0.2, -0.15) is 0 Å². The Hall–Kier alpha value is -2.19. The van der Waals surface area contributed by atoms with Gasteiger partial charge in [0, 0.05) is 23.2 Å². The molecule has 0 heterocycles. The quantitative estimate of drug-likeness (QED) is 0.836. The molecule has 116 valence electrons. The van der Waals surface area contributed by atoms with E-state index in [1.807, 2.05) is 38.1 Å². The molecule has 23 heavy (non-hydrogen) atoms. The van der Waals surface area contributed by atoms with Crippen LogP contribution < -0.4 is 0 Å². The molecule has 0 N–H and O–H groups in total. The molecule has 0 aliphatic heterocycles. The number of hydrogen-bond donors (Lipinski definition) is 0. The molecular weight excluding hydrogens is 284 g/mol. The van der Waals surface area contributed by atoms with Gasteiger partial charge in [-0.15, -0.1) is 0 Å². The molecule has 2 nitrogen and oxygen atoms in total. The van der Waals surface area contributed by atoms with Crippen molar-refractivity contribution in [3.8, 4) is 0 Å². The molecule has 1 fully saturated rings. The zero-order chi connectivity index (χ0) is 16.0. The zero-order valence-electron chi connectivity index (χ0n) is 13.5. The van der Waals surface area contributed by atoms with E-state index < -0.39 is 0 Å². The summed E-state index contributed by atoms with van der Waals surface area (Å²) in [5.41, 5.74) is 5.03. The second-order valence-electron chi connectivity index (χ2n) is 6.36. The monoisotopic (exact) mass is 304 g/mol. The van der Waals surface area contributed by atoms with Gasteiger partial charge in [0.1, 0.15) is 0 Å². The lowest BCUT2D eigenvalue weighted by Crippen LogP contribution is -2.17. The third-order valence-corrected chi connectivity index (χ3v) is 5.16. The van der Waals surface area contributed by atoms with Gasteiger partial charge in [-0.3, -0.25) is 4.79 Å². The Morgan fingerprint density at radius 3 is 2.39 bits per heavy atom. The standard InChI is InChI=1S/C21H20O2/c1-3-23-18-13-21(18,15-9-5-4-6-10-15)19-14(2)20(22)17-12-8-7-11-16(17)19/h4-12,18H,3,13H2,1-2H3. The summed E-state index contributed by atoms with van der Waals surface area (Å²) in [6, 6.07) is 18.4. The molecule has 0 radical (unpaired) electrons. The lowest BCUT2D eigenvalue weighted by atomic mass is 9.83. The summed E-state index contributed by atoms with van der Waals surface area (Å²) in [6.07, 6.45) is 1.10. The number of hydrogen-bond acceptors (Lipinski definition) is 2. The minimum Gasteiger partial charge on any atom is -0.377 e. The maximum atomic E-state index is 12.7. The second-order valence-corrected chi connectivity index (χ2v) is 6.36. The van der Waals surface area contributed by atoms with Crippen LogP contribution in [0.3, 0.4) is 0 Å². The van der Waals surface area contributed by atoms with E-state index in [1.165, 1.54) is 11.1 Å². The fraction of sp³-hybridized carbons (Fsp3) is 0.286. The number of benzene rings is 2. The Labute approximate surface area is 136 Å². The molecule has 2 aromatic rings. The van der Waals surface area contributed by atoms with Gasteiger partial charge in [-0.05, 0) is 37.0 Å². The molecule has 2 heteroatoms. The molecule has 0 saturated heterocycles. The van der Waals surface area contributed by atoms with Gasteiger partial charge in [0.2, 0.25) is 0 Å². The van der Waals surface area contributed by atoms with Crippen molar-refractivity contribution < 1.29 is 9.53 Å². The van der Waals surface area contributed by atoms with E-state index in [2.05, 4.69) is 30.3 Å². The van der Waals surface area contributed by atoms with Gasteiger partial charge >= 0.3 is 0 Å². The van der Waals surface area contributed by atoms with Crippen LogP contribution in [0.1, 0.15) is 41.8 Å². The molecule has 0 aromatic heterocycles. The number of ketones is 1. The van der Waals surface area contributed by atoms with Gasteiger partial charge in [0.15, 0.2) is 5.78 Å². The first kappa shape index (κ1) is 14.4. The summed E-state index contributed by atoms with van der Waals surface area (Å²) in [4.78, 5) is 12.7. The number of rotatable bonds is 4. The maximum Gasteiger partial charge on any atom is 0.189 e. The van der Waals surface area contributed by atoms with Crippen LogP contribution in [0.5, 0.6) is 0 Å². The summed E-state index contributed by atoms with van der Waals surface area (Å²) < 4.78 is 5.99. The normalized spacial score (nSPS) is 25.7. The third kappa shape index (κ3) is 1.95. The Kier molecular flexibility index (Phi) is 3.24. The van der Waals surface area contributed by atoms with Crippen LogP contribution in [0.4, 0.5) is 0 Å². The molecule has 2 atom stereocenters. The summed E-state index contributed by atoms with van der Waals surface area (Å²) in [5.74, 6) is 0.160. The minimum absolute atomic E-state index is 0.152. The number of ether oxygens (including phenoxy) is 1. The van der Waals surface area contributed by atoms with Gasteiger partial charge in [-0.1, -0.05) is 54.6 Å². The van der Waals surface area contributed by atoms with Crippen molar-refractivity contribution in [1.82, 2.24) is 0 Å². The molecule has 2 aliphatic carbocycles. The van der Waals surface area contributed by atoms with Crippen molar-refractivity contribution in [3.05, 3.63) is 76.9 Å². The highest BCUT2D eigenvalue weighted by molar-refractivity contribution is 6.21. The number of carbonyl (C=O) groups is 1. The van der Waals surface area contributed by atoms with Crippen molar-refractivity contribution in [1.29, 1.82) is 0 Å². The first-order valence-corrected chi connectivity index (χ1v) is 8.22. The first-order chi connectivity index (χ1) is 11.2. The van der Waals surface area contributed by atoms with Crippen molar-refractivity contribution in [2.45, 2.75) is 31.8 Å². The lowest BCUT2D eigenvalue weighted by Gasteiger charge is -2.22. The number of allylic oxidation sites excluding steroid dienone is 1. The van der Waals surface area contributed by atoms with Crippen LogP contribution in [0, 0.1) is 0 Å². The van der Waals surface area contributed by atoms with E-state index in [-0.39, 0.29) is 17.3 Å². The van der Waals surface area contributed by atoms with Crippen LogP contribution in [0.15, 0.2) is 60.2 Å². The molecule has 0 bridgehead atoms. The fourth-order valence-electron chi connectivity index (χ4n) is 4.07. The highest BCUT2D eigenvalue weighted by atomic mass is 16.5. The topological polar surface area (TPSA) is 26.3 Å². The number of carbonyl (C=O) groups excluding carboxylic acids is 1. The number of fused-ring (bicyclic) bond motifs is 1. The van der Waals surface area contributed by atoms with Crippen molar-refractivity contribution in [3.63, 3.8) is 0 Å². The van der Waals surface area contributed by atoms with E-state index in [0.717, 1.165) is 23.1 Å². The molecule has 0 spiro atoms. The fourth-order valence-corrected chi connectivity index (χ4v) is 4.07. The predicted molar refractivity (Wildman–Crippen MR) is 91.5 cm³/mol. The molecule has 1 saturated carbocycles. The molecule has 2 aromatic carbocycles.